The van der Waals surface area contributed by atoms with E-state index in [4.69, 9.17) is 5.11 Å². The number of hydrogen-bond acceptors (Lipinski definition) is 3. The van der Waals surface area contributed by atoms with Crippen molar-refractivity contribution in [2.75, 3.05) is 25.2 Å². The maximum atomic E-state index is 13.3. The van der Waals surface area contributed by atoms with Gasteiger partial charge in [0.05, 0.1) is 0 Å². The molecule has 0 saturated heterocycles. The summed E-state index contributed by atoms with van der Waals surface area (Å²) in [6.45, 7) is 0.507. The molecule has 126 valence electrons. The Labute approximate surface area is 139 Å². The highest BCUT2D eigenvalue weighted by atomic mass is 32.2. The van der Waals surface area contributed by atoms with Crippen LogP contribution in [0.5, 0.6) is 0 Å². The number of urea groups is 1. The van der Waals surface area contributed by atoms with Crippen LogP contribution < -0.4 is 10.6 Å². The minimum atomic E-state index is -0.270. The summed E-state index contributed by atoms with van der Waals surface area (Å²) < 4.78 is 13.3. The summed E-state index contributed by atoms with van der Waals surface area (Å²) in [4.78, 5) is 15.0. The summed E-state index contributed by atoms with van der Waals surface area (Å²) in [5, 5.41) is 15.5. The van der Waals surface area contributed by atoms with E-state index < -0.39 is 0 Å². The summed E-state index contributed by atoms with van der Waals surface area (Å²) in [5.74, 6) is 0.489. The molecule has 2 aromatic rings. The van der Waals surface area contributed by atoms with Gasteiger partial charge in [0.2, 0.25) is 0 Å². The van der Waals surface area contributed by atoms with Gasteiger partial charge in [0.15, 0.2) is 0 Å². The van der Waals surface area contributed by atoms with Crippen molar-refractivity contribution in [3.8, 4) is 0 Å². The smallest absolute Gasteiger partial charge is 0.315 e. The van der Waals surface area contributed by atoms with E-state index in [1.807, 2.05) is 12.5 Å². The maximum Gasteiger partial charge on any atom is 0.315 e. The molecule has 2 amide bonds. The molecule has 0 bridgehead atoms. The number of thioether (sulfide) groups is 1. The van der Waals surface area contributed by atoms with Crippen molar-refractivity contribution in [3.63, 3.8) is 0 Å². The van der Waals surface area contributed by atoms with Crippen LogP contribution in [0, 0.1) is 5.82 Å². The first-order valence-electron chi connectivity index (χ1n) is 7.53. The van der Waals surface area contributed by atoms with E-state index in [2.05, 4.69) is 15.6 Å². The molecule has 4 N–H and O–H groups in total. The lowest BCUT2D eigenvalue weighted by Gasteiger charge is -2.17. The van der Waals surface area contributed by atoms with Crippen molar-refractivity contribution >= 4 is 28.7 Å². The Balaban J connectivity index is 1.83. The van der Waals surface area contributed by atoms with E-state index in [-0.39, 0.29) is 24.5 Å². The molecule has 0 saturated carbocycles. The molecule has 23 heavy (non-hydrogen) atoms. The molecule has 0 radical (unpaired) electrons. The van der Waals surface area contributed by atoms with Gasteiger partial charge in [-0.1, -0.05) is 0 Å². The molecule has 5 nitrogen and oxygen atoms in total. The van der Waals surface area contributed by atoms with Gasteiger partial charge in [-0.3, -0.25) is 0 Å². The Bertz CT molecular complexity index is 641. The van der Waals surface area contributed by atoms with E-state index in [0.717, 1.165) is 22.2 Å². The van der Waals surface area contributed by atoms with Crippen molar-refractivity contribution < 1.29 is 14.3 Å². The van der Waals surface area contributed by atoms with Gasteiger partial charge in [-0.15, -0.1) is 0 Å². The van der Waals surface area contributed by atoms with Crippen molar-refractivity contribution in [1.82, 2.24) is 15.6 Å². The number of aliphatic hydroxyl groups excluding tert-OH is 1. The summed E-state index contributed by atoms with van der Waals surface area (Å²) >= 11 is 1.62. The summed E-state index contributed by atoms with van der Waals surface area (Å²) in [6.07, 6.45) is 4.95. The number of aliphatic hydroxyl groups is 1. The molecule has 1 heterocycles. The second kappa shape index (κ2) is 8.79. The number of fused-ring (bicyclic) bond motifs is 1. The van der Waals surface area contributed by atoms with Gasteiger partial charge in [0.25, 0.3) is 0 Å². The topological polar surface area (TPSA) is 77.2 Å². The number of aromatic amines is 1. The first-order valence-corrected chi connectivity index (χ1v) is 8.93. The average molecular weight is 339 g/mol. The molecular weight excluding hydrogens is 317 g/mol. The van der Waals surface area contributed by atoms with Crippen LogP contribution in [0.25, 0.3) is 10.9 Å². The second-order valence-electron chi connectivity index (χ2n) is 5.32. The van der Waals surface area contributed by atoms with Crippen LogP contribution in [-0.2, 0) is 6.42 Å². The molecule has 0 fully saturated rings. The maximum absolute atomic E-state index is 13.3. The van der Waals surface area contributed by atoms with E-state index >= 15 is 0 Å². The molecule has 1 unspecified atom stereocenters. The van der Waals surface area contributed by atoms with Gasteiger partial charge in [0.1, 0.15) is 5.82 Å². The Morgan fingerprint density at radius 2 is 2.30 bits per heavy atom. The third-order valence-electron chi connectivity index (χ3n) is 3.59. The molecule has 0 spiro atoms. The number of carbonyl (C=O) groups is 1. The van der Waals surface area contributed by atoms with Gasteiger partial charge in [0, 0.05) is 42.0 Å². The number of hydrogen-bond donors (Lipinski definition) is 4. The lowest BCUT2D eigenvalue weighted by Crippen LogP contribution is -2.44. The number of nitrogens with one attached hydrogen (secondary N) is 3. The minimum Gasteiger partial charge on any atom is -0.396 e. The molecule has 1 aromatic carbocycles. The SMILES string of the molecule is CSCC(CCO)NC(=O)NCCc1c[nH]c2ccc(F)cc12. The van der Waals surface area contributed by atoms with Gasteiger partial charge >= 0.3 is 6.03 Å². The van der Waals surface area contributed by atoms with Gasteiger partial charge in [-0.2, -0.15) is 11.8 Å². The molecule has 2 rings (SSSR count). The minimum absolute atomic E-state index is 0.0443. The van der Waals surface area contributed by atoms with E-state index in [0.29, 0.717) is 19.4 Å². The molecule has 0 aliphatic carbocycles. The highest BCUT2D eigenvalue weighted by Crippen LogP contribution is 2.19. The lowest BCUT2D eigenvalue weighted by atomic mass is 10.1. The Morgan fingerprint density at radius 1 is 1.48 bits per heavy atom. The second-order valence-corrected chi connectivity index (χ2v) is 6.23. The zero-order valence-corrected chi connectivity index (χ0v) is 13.9. The first-order chi connectivity index (χ1) is 11.1. The van der Waals surface area contributed by atoms with Gasteiger partial charge in [-0.05, 0) is 42.9 Å². The van der Waals surface area contributed by atoms with Crippen LogP contribution in [0.1, 0.15) is 12.0 Å². The fourth-order valence-corrected chi connectivity index (χ4v) is 3.11. The first kappa shape index (κ1) is 17.6. The monoisotopic (exact) mass is 339 g/mol. The fourth-order valence-electron chi connectivity index (χ4n) is 2.46. The normalized spacial score (nSPS) is 12.3. The third kappa shape index (κ3) is 5.14. The van der Waals surface area contributed by atoms with Crippen molar-refractivity contribution in [3.05, 3.63) is 35.8 Å². The molecule has 1 atom stereocenters. The molecule has 7 heteroatoms. The predicted molar refractivity (Wildman–Crippen MR) is 92.4 cm³/mol. The summed E-state index contributed by atoms with van der Waals surface area (Å²) in [5.41, 5.74) is 1.85. The average Bonchev–Trinajstić information content (AvgIpc) is 2.90. The number of H-pyrrole nitrogens is 1. The highest BCUT2D eigenvalue weighted by molar-refractivity contribution is 7.98. The van der Waals surface area contributed by atoms with E-state index in [1.54, 1.807) is 17.8 Å². The molecular formula is C16H22FN3O2S. The summed E-state index contributed by atoms with van der Waals surface area (Å²) in [7, 11) is 0. The fraction of sp³-hybridized carbons (Fsp3) is 0.438. The van der Waals surface area contributed by atoms with E-state index in [9.17, 15) is 9.18 Å². The zero-order chi connectivity index (χ0) is 16.7. The van der Waals surface area contributed by atoms with Crippen LogP contribution in [-0.4, -0.2) is 47.3 Å². The predicted octanol–water partition coefficient (Wildman–Crippen LogP) is 2.26. The largest absolute Gasteiger partial charge is 0.396 e. The van der Waals surface area contributed by atoms with Crippen molar-refractivity contribution in [2.45, 2.75) is 18.9 Å². The quantitative estimate of drug-likeness (QED) is 0.596. The lowest BCUT2D eigenvalue weighted by molar-refractivity contribution is 0.231. The molecule has 0 aliphatic rings. The van der Waals surface area contributed by atoms with Crippen LogP contribution in [0.3, 0.4) is 0 Å². The summed E-state index contributed by atoms with van der Waals surface area (Å²) in [6, 6.07) is 4.33. The van der Waals surface area contributed by atoms with Crippen molar-refractivity contribution in [1.29, 1.82) is 0 Å². The van der Waals surface area contributed by atoms with Crippen LogP contribution >= 0.6 is 11.8 Å². The van der Waals surface area contributed by atoms with Crippen molar-refractivity contribution in [2.24, 2.45) is 0 Å². The van der Waals surface area contributed by atoms with Gasteiger partial charge in [-0.25, -0.2) is 9.18 Å². The standard InChI is InChI=1S/C16H22FN3O2S/c1-23-10-13(5-7-21)20-16(22)18-6-4-11-9-19-15-3-2-12(17)8-14(11)15/h2-3,8-9,13,19,21H,4-7,10H2,1H3,(H2,18,20,22). The molecule has 1 aromatic heterocycles. The van der Waals surface area contributed by atoms with E-state index in [1.165, 1.54) is 12.1 Å². The Morgan fingerprint density at radius 3 is 3.04 bits per heavy atom. The molecule has 0 aliphatic heterocycles. The third-order valence-corrected chi connectivity index (χ3v) is 4.33. The van der Waals surface area contributed by atoms with Gasteiger partial charge < -0.3 is 20.7 Å². The number of carbonyl (C=O) groups excluding carboxylic acids is 1. The van der Waals surface area contributed by atoms with Crippen LogP contribution in [0.15, 0.2) is 24.4 Å². The van der Waals surface area contributed by atoms with Crippen LogP contribution in [0.4, 0.5) is 9.18 Å². The zero-order valence-electron chi connectivity index (χ0n) is 13.1. The number of amides is 2. The number of halogens is 1. The number of benzene rings is 1. The Kier molecular flexibility index (Phi) is 6.73. The Hall–Kier alpha value is -1.73. The number of aromatic nitrogens is 1. The number of rotatable bonds is 8. The highest BCUT2D eigenvalue weighted by Gasteiger charge is 2.11. The van der Waals surface area contributed by atoms with Crippen LogP contribution in [0.2, 0.25) is 0 Å².